The molecular weight excluding hydrogens is 260 g/mol. The van der Waals surface area contributed by atoms with Gasteiger partial charge in [-0.15, -0.1) is 0 Å². The SMILES string of the molecule is CCCCCCCCCCCCO[Si]CCCCCC. The van der Waals surface area contributed by atoms with E-state index in [1.807, 2.05) is 0 Å². The summed E-state index contributed by atoms with van der Waals surface area (Å²) in [4.78, 5) is 0. The Hall–Kier alpha value is 0.177. The van der Waals surface area contributed by atoms with E-state index in [4.69, 9.17) is 4.43 Å². The molecule has 0 heterocycles. The molecule has 20 heavy (non-hydrogen) atoms. The molecule has 0 saturated heterocycles. The molecule has 1 nitrogen and oxygen atoms in total. The molecule has 0 aliphatic carbocycles. The van der Waals surface area contributed by atoms with Crippen LogP contribution in [0.5, 0.6) is 0 Å². The van der Waals surface area contributed by atoms with Gasteiger partial charge < -0.3 is 4.43 Å². The van der Waals surface area contributed by atoms with Crippen LogP contribution in [0.3, 0.4) is 0 Å². The minimum atomic E-state index is 0.755. The molecule has 120 valence electrons. The minimum Gasteiger partial charge on any atom is -0.417 e. The van der Waals surface area contributed by atoms with Crippen molar-refractivity contribution in [1.82, 2.24) is 0 Å². The van der Waals surface area contributed by atoms with Crippen LogP contribution in [0.4, 0.5) is 0 Å². The van der Waals surface area contributed by atoms with Crippen LogP contribution in [-0.2, 0) is 4.43 Å². The maximum Gasteiger partial charge on any atom is 0.229 e. The van der Waals surface area contributed by atoms with E-state index < -0.39 is 0 Å². The summed E-state index contributed by atoms with van der Waals surface area (Å²) in [5, 5.41) is 0. The van der Waals surface area contributed by atoms with Gasteiger partial charge in [0.1, 0.15) is 0 Å². The molecule has 0 unspecified atom stereocenters. The van der Waals surface area contributed by atoms with Crippen molar-refractivity contribution in [3.8, 4) is 0 Å². The average Bonchev–Trinajstić information content (AvgIpc) is 2.47. The van der Waals surface area contributed by atoms with Gasteiger partial charge >= 0.3 is 0 Å². The molecule has 0 saturated carbocycles. The highest BCUT2D eigenvalue weighted by atomic mass is 28.2. The first kappa shape index (κ1) is 20.2. The van der Waals surface area contributed by atoms with E-state index in [0.29, 0.717) is 0 Å². The highest BCUT2D eigenvalue weighted by molar-refractivity contribution is 6.26. The van der Waals surface area contributed by atoms with Crippen LogP contribution >= 0.6 is 0 Å². The number of rotatable bonds is 17. The number of hydrogen-bond acceptors (Lipinski definition) is 1. The maximum absolute atomic E-state index is 5.71. The first-order valence-electron chi connectivity index (χ1n) is 9.26. The van der Waals surface area contributed by atoms with Crippen molar-refractivity contribution >= 4 is 9.76 Å². The third kappa shape index (κ3) is 18.2. The van der Waals surface area contributed by atoms with E-state index in [9.17, 15) is 0 Å². The van der Waals surface area contributed by atoms with Crippen molar-refractivity contribution in [3.63, 3.8) is 0 Å². The number of unbranched alkanes of at least 4 members (excludes halogenated alkanes) is 12. The Morgan fingerprint density at radius 1 is 0.550 bits per heavy atom. The van der Waals surface area contributed by atoms with Crippen LogP contribution in [0.25, 0.3) is 0 Å². The predicted octanol–water partition coefficient (Wildman–Crippen LogP) is 6.54. The van der Waals surface area contributed by atoms with Gasteiger partial charge in [0, 0.05) is 6.61 Å². The van der Waals surface area contributed by atoms with Gasteiger partial charge in [-0.3, -0.25) is 0 Å². The topological polar surface area (TPSA) is 9.23 Å². The highest BCUT2D eigenvalue weighted by Crippen LogP contribution is 2.10. The van der Waals surface area contributed by atoms with Gasteiger partial charge in [0.05, 0.1) is 0 Å². The third-order valence-corrected chi connectivity index (χ3v) is 4.80. The largest absolute Gasteiger partial charge is 0.417 e. The fraction of sp³-hybridized carbons (Fsp3) is 1.00. The van der Waals surface area contributed by atoms with Crippen LogP contribution in [0.1, 0.15) is 104 Å². The van der Waals surface area contributed by atoms with Crippen molar-refractivity contribution < 1.29 is 4.43 Å². The fourth-order valence-corrected chi connectivity index (χ4v) is 3.26. The standard InChI is InChI=1S/C18H38OSi/c1-3-5-7-9-10-11-12-13-14-15-17-19-20-18-16-8-6-4-2/h3-18H2,1-2H3. The van der Waals surface area contributed by atoms with E-state index in [-0.39, 0.29) is 0 Å². The molecule has 0 bridgehead atoms. The zero-order chi connectivity index (χ0) is 14.7. The monoisotopic (exact) mass is 298 g/mol. The summed E-state index contributed by atoms with van der Waals surface area (Å²) in [5.74, 6) is 0. The van der Waals surface area contributed by atoms with Gasteiger partial charge in [-0.1, -0.05) is 97.3 Å². The van der Waals surface area contributed by atoms with Crippen LogP contribution in [0.2, 0.25) is 6.04 Å². The lowest BCUT2D eigenvalue weighted by atomic mass is 10.1. The summed E-state index contributed by atoms with van der Waals surface area (Å²) in [6.07, 6.45) is 19.6. The normalized spacial score (nSPS) is 11.1. The van der Waals surface area contributed by atoms with Crippen molar-refractivity contribution in [2.45, 2.75) is 110 Å². The summed E-state index contributed by atoms with van der Waals surface area (Å²) in [5.41, 5.74) is 0. The summed E-state index contributed by atoms with van der Waals surface area (Å²) in [7, 11) is 0.755. The van der Waals surface area contributed by atoms with Crippen LogP contribution < -0.4 is 0 Å². The molecule has 0 fully saturated rings. The minimum absolute atomic E-state index is 0.755. The maximum atomic E-state index is 5.71. The van der Waals surface area contributed by atoms with Gasteiger partial charge in [0.2, 0.25) is 9.76 Å². The molecule has 0 aromatic carbocycles. The summed E-state index contributed by atoms with van der Waals surface area (Å²) in [6.45, 7) is 5.56. The molecule has 0 aromatic rings. The second kappa shape index (κ2) is 19.2. The fourth-order valence-electron chi connectivity index (χ4n) is 2.43. The Morgan fingerprint density at radius 2 is 1.00 bits per heavy atom. The van der Waals surface area contributed by atoms with Crippen molar-refractivity contribution in [2.75, 3.05) is 6.61 Å². The quantitative estimate of drug-likeness (QED) is 0.219. The molecule has 2 radical (unpaired) electrons. The Kier molecular flexibility index (Phi) is 19.3. The van der Waals surface area contributed by atoms with E-state index in [1.54, 1.807) is 0 Å². The third-order valence-electron chi connectivity index (χ3n) is 3.83. The van der Waals surface area contributed by atoms with Crippen LogP contribution in [0, 0.1) is 0 Å². The lowest BCUT2D eigenvalue weighted by Gasteiger charge is -2.04. The lowest BCUT2D eigenvalue weighted by molar-refractivity contribution is 0.319. The van der Waals surface area contributed by atoms with E-state index in [0.717, 1.165) is 16.4 Å². The van der Waals surface area contributed by atoms with Gasteiger partial charge in [-0.2, -0.15) is 0 Å². The molecular formula is C18H38OSi. The average molecular weight is 299 g/mol. The Morgan fingerprint density at radius 3 is 1.55 bits per heavy atom. The van der Waals surface area contributed by atoms with Crippen molar-refractivity contribution in [1.29, 1.82) is 0 Å². The molecule has 2 heteroatoms. The van der Waals surface area contributed by atoms with Gasteiger partial charge in [-0.05, 0) is 12.5 Å². The highest BCUT2D eigenvalue weighted by Gasteiger charge is 1.95. The molecule has 0 aromatic heterocycles. The zero-order valence-corrected chi connectivity index (χ0v) is 15.2. The van der Waals surface area contributed by atoms with E-state index in [2.05, 4.69) is 13.8 Å². The van der Waals surface area contributed by atoms with Gasteiger partial charge in [0.25, 0.3) is 0 Å². The Balaban J connectivity index is 2.89. The summed E-state index contributed by atoms with van der Waals surface area (Å²) < 4.78 is 5.71. The molecule has 0 spiro atoms. The van der Waals surface area contributed by atoms with Crippen LogP contribution in [-0.4, -0.2) is 16.4 Å². The smallest absolute Gasteiger partial charge is 0.229 e. The first-order chi connectivity index (χ1) is 9.91. The lowest BCUT2D eigenvalue weighted by Crippen LogP contribution is -2.00. The van der Waals surface area contributed by atoms with Crippen LogP contribution in [0.15, 0.2) is 0 Å². The Labute approximate surface area is 131 Å². The van der Waals surface area contributed by atoms with Crippen molar-refractivity contribution in [2.24, 2.45) is 0 Å². The molecule has 0 aliphatic heterocycles. The van der Waals surface area contributed by atoms with E-state index >= 15 is 0 Å². The van der Waals surface area contributed by atoms with Crippen molar-refractivity contribution in [3.05, 3.63) is 0 Å². The van der Waals surface area contributed by atoms with Gasteiger partial charge in [0.15, 0.2) is 0 Å². The number of hydrogen-bond donors (Lipinski definition) is 0. The predicted molar refractivity (Wildman–Crippen MR) is 92.5 cm³/mol. The second-order valence-electron chi connectivity index (χ2n) is 5.99. The first-order valence-corrected chi connectivity index (χ1v) is 10.4. The van der Waals surface area contributed by atoms with E-state index in [1.165, 1.54) is 95.9 Å². The molecule has 0 aliphatic rings. The zero-order valence-electron chi connectivity index (χ0n) is 14.2. The summed E-state index contributed by atoms with van der Waals surface area (Å²) >= 11 is 0. The molecule has 0 rings (SSSR count). The molecule has 0 N–H and O–H groups in total. The van der Waals surface area contributed by atoms with Gasteiger partial charge in [-0.25, -0.2) is 0 Å². The molecule has 0 atom stereocenters. The Bertz CT molecular complexity index is 143. The second-order valence-corrected chi connectivity index (χ2v) is 7.06. The summed E-state index contributed by atoms with van der Waals surface area (Å²) in [6, 6.07) is 1.29. The molecule has 0 amide bonds.